The maximum Gasteiger partial charge on any atom is 0.348 e. The van der Waals surface area contributed by atoms with Gasteiger partial charge in [0.05, 0.1) is 17.7 Å². The quantitative estimate of drug-likeness (QED) is 0.305. The number of carbonyl (C=O) groups excluding carboxylic acids is 3. The molecular weight excluding hydrogens is 382 g/mol. The molecule has 1 aromatic heterocycles. The maximum absolute atomic E-state index is 12.4. The van der Waals surface area contributed by atoms with Gasteiger partial charge in [0, 0.05) is 17.9 Å². The monoisotopic (exact) mass is 405 g/mol. The van der Waals surface area contributed by atoms with Crippen molar-refractivity contribution < 1.29 is 19.1 Å². The lowest BCUT2D eigenvalue weighted by atomic mass is 10.1. The van der Waals surface area contributed by atoms with Crippen LogP contribution in [-0.2, 0) is 16.1 Å². The highest BCUT2D eigenvalue weighted by atomic mass is 16.5. The number of nitrogens with zero attached hydrogens (tertiary/aromatic N) is 3. The Morgan fingerprint density at radius 1 is 1.13 bits per heavy atom. The fraction of sp³-hybridized carbons (Fsp3) is 0.304. The number of rotatable bonds is 7. The van der Waals surface area contributed by atoms with Crippen LogP contribution in [0.1, 0.15) is 51.0 Å². The molecule has 7 nitrogen and oxygen atoms in total. The van der Waals surface area contributed by atoms with E-state index in [0.717, 1.165) is 34.8 Å². The number of aromatic nitrogens is 1. The number of amides is 2. The Morgan fingerprint density at radius 2 is 1.77 bits per heavy atom. The van der Waals surface area contributed by atoms with Gasteiger partial charge < -0.3 is 9.30 Å². The molecule has 0 bridgehead atoms. The second-order valence-electron chi connectivity index (χ2n) is 7.09. The van der Waals surface area contributed by atoms with Crippen LogP contribution in [0.4, 0.5) is 0 Å². The first kappa shape index (κ1) is 21.1. The van der Waals surface area contributed by atoms with Gasteiger partial charge in [-0.05, 0) is 50.1 Å². The molecule has 0 N–H and O–H groups in total. The largest absolute Gasteiger partial charge is 0.460 e. The van der Waals surface area contributed by atoms with E-state index < -0.39 is 17.8 Å². The number of aryl methyl sites for hydroxylation is 1. The van der Waals surface area contributed by atoms with Gasteiger partial charge in [-0.2, -0.15) is 5.26 Å². The highest BCUT2D eigenvalue weighted by Gasteiger charge is 2.34. The Balaban J connectivity index is 1.65. The number of nitriles is 1. The molecule has 2 aromatic rings. The average Bonchev–Trinajstić information content (AvgIpc) is 3.14. The lowest BCUT2D eigenvalue weighted by Gasteiger charge is -2.13. The van der Waals surface area contributed by atoms with Crippen LogP contribution in [0.15, 0.2) is 35.9 Å². The molecule has 0 unspecified atom stereocenters. The number of hydrogen-bond acceptors (Lipinski definition) is 5. The van der Waals surface area contributed by atoms with E-state index in [1.54, 1.807) is 24.3 Å². The third kappa shape index (κ3) is 3.90. The van der Waals surface area contributed by atoms with E-state index in [2.05, 4.69) is 11.5 Å². The van der Waals surface area contributed by atoms with E-state index in [-0.39, 0.29) is 18.7 Å². The van der Waals surface area contributed by atoms with Crippen molar-refractivity contribution in [3.05, 3.63) is 64.0 Å². The van der Waals surface area contributed by atoms with E-state index >= 15 is 0 Å². The van der Waals surface area contributed by atoms with Gasteiger partial charge in [-0.15, -0.1) is 0 Å². The summed E-state index contributed by atoms with van der Waals surface area (Å²) in [5, 5.41) is 9.40. The highest BCUT2D eigenvalue weighted by Crippen LogP contribution is 2.22. The predicted molar refractivity (Wildman–Crippen MR) is 111 cm³/mol. The second-order valence-corrected chi connectivity index (χ2v) is 7.09. The summed E-state index contributed by atoms with van der Waals surface area (Å²) in [5.74, 6) is -1.61. The van der Waals surface area contributed by atoms with Crippen molar-refractivity contribution in [1.29, 1.82) is 5.26 Å². The van der Waals surface area contributed by atoms with Crippen molar-refractivity contribution in [3.8, 4) is 6.07 Å². The third-order valence-corrected chi connectivity index (χ3v) is 5.13. The fourth-order valence-electron chi connectivity index (χ4n) is 3.58. The molecule has 0 aliphatic carbocycles. The van der Waals surface area contributed by atoms with Crippen LogP contribution in [-0.4, -0.2) is 40.4 Å². The van der Waals surface area contributed by atoms with Gasteiger partial charge in [0.1, 0.15) is 18.2 Å². The van der Waals surface area contributed by atoms with Crippen LogP contribution < -0.4 is 0 Å². The molecule has 0 fully saturated rings. The summed E-state index contributed by atoms with van der Waals surface area (Å²) in [6.45, 7) is 6.61. The number of benzene rings is 1. The van der Waals surface area contributed by atoms with E-state index in [9.17, 15) is 19.6 Å². The van der Waals surface area contributed by atoms with Gasteiger partial charge in [0.25, 0.3) is 11.8 Å². The third-order valence-electron chi connectivity index (χ3n) is 5.13. The highest BCUT2D eigenvalue weighted by molar-refractivity contribution is 6.21. The molecule has 0 atom stereocenters. The molecule has 2 amide bonds. The molecule has 0 radical (unpaired) electrons. The summed E-state index contributed by atoms with van der Waals surface area (Å²) in [6, 6.07) is 10.4. The Morgan fingerprint density at radius 3 is 2.33 bits per heavy atom. The van der Waals surface area contributed by atoms with Crippen molar-refractivity contribution in [2.45, 2.75) is 33.7 Å². The Labute approximate surface area is 175 Å². The van der Waals surface area contributed by atoms with Crippen LogP contribution in [0, 0.1) is 25.2 Å². The summed E-state index contributed by atoms with van der Waals surface area (Å²) < 4.78 is 7.30. The van der Waals surface area contributed by atoms with Gasteiger partial charge in [0.2, 0.25) is 0 Å². The van der Waals surface area contributed by atoms with Crippen molar-refractivity contribution in [3.63, 3.8) is 0 Å². The summed E-state index contributed by atoms with van der Waals surface area (Å²) in [7, 11) is 0. The molecule has 2 heterocycles. The van der Waals surface area contributed by atoms with E-state index in [1.807, 2.05) is 26.0 Å². The van der Waals surface area contributed by atoms with Crippen molar-refractivity contribution in [2.75, 3.05) is 13.2 Å². The van der Waals surface area contributed by atoms with Crippen LogP contribution in [0.25, 0.3) is 6.08 Å². The van der Waals surface area contributed by atoms with Gasteiger partial charge in [0.15, 0.2) is 0 Å². The van der Waals surface area contributed by atoms with Crippen LogP contribution >= 0.6 is 0 Å². The minimum absolute atomic E-state index is 0.0677. The van der Waals surface area contributed by atoms with E-state index in [1.165, 1.54) is 6.08 Å². The lowest BCUT2D eigenvalue weighted by molar-refractivity contribution is -0.138. The Hall–Kier alpha value is -3.66. The SMILES string of the molecule is CCCn1c(C)cc(/C=C(/C#N)C(=O)OCCN2C(=O)c3ccccc3C2=O)c1C. The van der Waals surface area contributed by atoms with Crippen molar-refractivity contribution in [2.24, 2.45) is 0 Å². The molecule has 3 rings (SSSR count). The predicted octanol–water partition coefficient (Wildman–Crippen LogP) is 3.26. The Bertz CT molecular complexity index is 1050. The Kier molecular flexibility index (Phi) is 6.17. The molecule has 1 aliphatic rings. The van der Waals surface area contributed by atoms with Crippen molar-refractivity contribution >= 4 is 23.9 Å². The first-order valence-corrected chi connectivity index (χ1v) is 9.79. The molecular formula is C23H23N3O4. The van der Waals surface area contributed by atoms with Crippen LogP contribution in [0.3, 0.4) is 0 Å². The molecule has 1 aliphatic heterocycles. The van der Waals surface area contributed by atoms with Gasteiger partial charge in [-0.1, -0.05) is 19.1 Å². The first-order valence-electron chi connectivity index (χ1n) is 9.79. The summed E-state index contributed by atoms with van der Waals surface area (Å²) in [5.41, 5.74) is 3.37. The minimum atomic E-state index is -0.783. The lowest BCUT2D eigenvalue weighted by Crippen LogP contribution is -2.33. The first-order chi connectivity index (χ1) is 14.4. The average molecular weight is 405 g/mol. The van der Waals surface area contributed by atoms with E-state index in [4.69, 9.17) is 4.74 Å². The topological polar surface area (TPSA) is 92.4 Å². The molecule has 0 saturated carbocycles. The molecule has 0 spiro atoms. The molecule has 0 saturated heterocycles. The van der Waals surface area contributed by atoms with Gasteiger partial charge in [-0.3, -0.25) is 14.5 Å². The smallest absolute Gasteiger partial charge is 0.348 e. The van der Waals surface area contributed by atoms with E-state index in [0.29, 0.717) is 11.1 Å². The zero-order chi connectivity index (χ0) is 21.8. The van der Waals surface area contributed by atoms with Crippen LogP contribution in [0.2, 0.25) is 0 Å². The fourth-order valence-corrected chi connectivity index (χ4v) is 3.58. The number of fused-ring (bicyclic) bond motifs is 1. The standard InChI is InChI=1S/C23H23N3O4/c1-4-9-25-15(2)12-17(16(25)3)13-18(14-24)23(29)30-11-10-26-21(27)19-7-5-6-8-20(19)22(26)28/h5-8,12-13H,4,9-11H2,1-3H3/b18-13-. The molecule has 7 heteroatoms. The normalized spacial score (nSPS) is 13.4. The van der Waals surface area contributed by atoms with Crippen LogP contribution in [0.5, 0.6) is 0 Å². The number of esters is 1. The summed E-state index contributed by atoms with van der Waals surface area (Å²) in [6.07, 6.45) is 2.49. The number of carbonyl (C=O) groups is 3. The van der Waals surface area contributed by atoms with Crippen molar-refractivity contribution in [1.82, 2.24) is 9.47 Å². The summed E-state index contributed by atoms with van der Waals surface area (Å²) >= 11 is 0. The van der Waals surface area contributed by atoms with Gasteiger partial charge >= 0.3 is 5.97 Å². The minimum Gasteiger partial charge on any atom is -0.460 e. The zero-order valence-electron chi connectivity index (χ0n) is 17.3. The molecule has 30 heavy (non-hydrogen) atoms. The molecule has 154 valence electrons. The number of ether oxygens (including phenoxy) is 1. The summed E-state index contributed by atoms with van der Waals surface area (Å²) in [4.78, 5) is 38.1. The second kappa shape index (κ2) is 8.78. The number of hydrogen-bond donors (Lipinski definition) is 0. The maximum atomic E-state index is 12.4. The molecule has 1 aromatic carbocycles. The number of imide groups is 1. The van der Waals surface area contributed by atoms with Gasteiger partial charge in [-0.25, -0.2) is 4.79 Å². The zero-order valence-corrected chi connectivity index (χ0v) is 17.3.